The van der Waals surface area contributed by atoms with Crippen molar-refractivity contribution in [3.05, 3.63) is 69.8 Å². The number of hydrogen-bond acceptors (Lipinski definition) is 3. The lowest BCUT2D eigenvalue weighted by atomic mass is 9.97. The van der Waals surface area contributed by atoms with Gasteiger partial charge in [-0.2, -0.15) is 13.2 Å². The van der Waals surface area contributed by atoms with Crippen molar-refractivity contribution >= 4 is 18.1 Å². The van der Waals surface area contributed by atoms with Crippen molar-refractivity contribution < 1.29 is 32.9 Å². The average Bonchev–Trinajstić information content (AvgIpc) is 2.65. The Balaban J connectivity index is 2.51. The molecule has 0 aliphatic heterocycles. The first-order chi connectivity index (χ1) is 14.0. The average molecular weight is 420 g/mol. The van der Waals surface area contributed by atoms with Crippen LogP contribution in [-0.2, 0) is 12.6 Å². The topological polar surface area (TPSA) is 66.8 Å². The molecule has 160 valence electrons. The highest BCUT2D eigenvalue weighted by atomic mass is 19.4. The normalized spacial score (nSPS) is 11.5. The van der Waals surface area contributed by atoms with Gasteiger partial charge in [0.05, 0.1) is 12.2 Å². The minimum absolute atomic E-state index is 0.185. The summed E-state index contributed by atoms with van der Waals surface area (Å²) in [4.78, 5) is 11.8. The van der Waals surface area contributed by atoms with E-state index in [-0.39, 0.29) is 11.1 Å². The Hall–Kier alpha value is -3.22. The van der Waals surface area contributed by atoms with Gasteiger partial charge in [-0.25, -0.2) is 4.79 Å². The Morgan fingerprint density at radius 1 is 1.13 bits per heavy atom. The zero-order chi connectivity index (χ0) is 22.5. The molecule has 2 aromatic carbocycles. The summed E-state index contributed by atoms with van der Waals surface area (Å²) in [5.41, 5.74) is 0.932. The smallest absolute Gasteiger partial charge is 0.416 e. The minimum atomic E-state index is -4.43. The van der Waals surface area contributed by atoms with E-state index in [2.05, 4.69) is 0 Å². The zero-order valence-corrected chi connectivity index (χ0v) is 16.9. The molecule has 4 nitrogen and oxygen atoms in total. The van der Waals surface area contributed by atoms with Gasteiger partial charge in [0.25, 0.3) is 0 Å². The summed E-state index contributed by atoms with van der Waals surface area (Å²) in [6, 6.07) is 5.98. The molecule has 0 saturated carbocycles. The quantitative estimate of drug-likeness (QED) is 0.414. The molecule has 0 saturated heterocycles. The number of alkyl halides is 3. The van der Waals surface area contributed by atoms with Crippen LogP contribution >= 0.6 is 0 Å². The third-order valence-corrected chi connectivity index (χ3v) is 4.32. The highest BCUT2D eigenvalue weighted by Crippen LogP contribution is 2.36. The second-order valence-electron chi connectivity index (χ2n) is 6.84. The van der Waals surface area contributed by atoms with E-state index in [0.29, 0.717) is 29.9 Å². The molecule has 0 heterocycles. The molecule has 0 unspecified atom stereocenters. The number of allylic oxidation sites excluding steroid dienone is 2. The summed E-state index contributed by atoms with van der Waals surface area (Å²) >= 11 is 0. The predicted octanol–water partition coefficient (Wildman–Crippen LogP) is 6.19. The van der Waals surface area contributed by atoms with Crippen LogP contribution in [-0.4, -0.2) is 22.8 Å². The van der Waals surface area contributed by atoms with Gasteiger partial charge >= 0.3 is 12.1 Å². The SMILES string of the molecule is CCOc1cc(/C=C/c2ccc(C(F)(F)F)cc2)c(C(=O)O)c(O)c1CC=C(C)C. The van der Waals surface area contributed by atoms with Crippen molar-refractivity contribution in [1.29, 1.82) is 0 Å². The fraction of sp³-hybridized carbons (Fsp3) is 0.261. The van der Waals surface area contributed by atoms with Gasteiger partial charge in [-0.05, 0) is 56.5 Å². The van der Waals surface area contributed by atoms with Crippen LogP contribution in [0.2, 0.25) is 0 Å². The minimum Gasteiger partial charge on any atom is -0.507 e. The molecule has 7 heteroatoms. The third-order valence-electron chi connectivity index (χ3n) is 4.32. The Bertz CT molecular complexity index is 967. The van der Waals surface area contributed by atoms with Gasteiger partial charge in [-0.1, -0.05) is 35.9 Å². The summed E-state index contributed by atoms with van der Waals surface area (Å²) < 4.78 is 43.7. The molecule has 0 amide bonds. The maximum Gasteiger partial charge on any atom is 0.416 e. The molecule has 0 spiro atoms. The summed E-state index contributed by atoms with van der Waals surface area (Å²) in [5.74, 6) is -1.36. The number of carboxylic acids is 1. The van der Waals surface area contributed by atoms with E-state index in [9.17, 15) is 28.2 Å². The lowest BCUT2D eigenvalue weighted by Crippen LogP contribution is -2.06. The number of carbonyl (C=O) groups is 1. The van der Waals surface area contributed by atoms with Crippen molar-refractivity contribution in [2.24, 2.45) is 0 Å². The molecule has 0 aliphatic carbocycles. The molecule has 2 aromatic rings. The summed E-state index contributed by atoms with van der Waals surface area (Å²) in [6.07, 6.45) is 0.622. The molecule has 0 atom stereocenters. The Labute approximate surface area is 172 Å². The summed E-state index contributed by atoms with van der Waals surface area (Å²) in [5, 5.41) is 20.3. The van der Waals surface area contributed by atoms with Crippen LogP contribution in [0.25, 0.3) is 12.2 Å². The summed E-state index contributed by atoms with van der Waals surface area (Å²) in [7, 11) is 0. The second kappa shape index (κ2) is 9.52. The molecule has 0 radical (unpaired) electrons. The number of benzene rings is 2. The highest BCUT2D eigenvalue weighted by Gasteiger charge is 2.29. The predicted molar refractivity (Wildman–Crippen MR) is 110 cm³/mol. The van der Waals surface area contributed by atoms with Gasteiger partial charge in [0, 0.05) is 5.56 Å². The fourth-order valence-corrected chi connectivity index (χ4v) is 2.82. The third kappa shape index (κ3) is 5.65. The first kappa shape index (κ1) is 23.1. The molecule has 0 fully saturated rings. The van der Waals surface area contributed by atoms with Crippen LogP contribution in [0, 0.1) is 0 Å². The fourth-order valence-electron chi connectivity index (χ4n) is 2.82. The van der Waals surface area contributed by atoms with Crippen LogP contribution in [0.1, 0.15) is 53.4 Å². The number of rotatable bonds is 7. The zero-order valence-electron chi connectivity index (χ0n) is 16.9. The van der Waals surface area contributed by atoms with Gasteiger partial charge in [0.15, 0.2) is 0 Å². The van der Waals surface area contributed by atoms with Crippen LogP contribution in [0.3, 0.4) is 0 Å². The Morgan fingerprint density at radius 3 is 2.27 bits per heavy atom. The molecule has 0 bridgehead atoms. The van der Waals surface area contributed by atoms with E-state index in [1.165, 1.54) is 30.4 Å². The number of halogens is 3. The Morgan fingerprint density at radius 2 is 1.77 bits per heavy atom. The number of carboxylic acid groups (broad SMARTS) is 1. The van der Waals surface area contributed by atoms with Crippen LogP contribution in [0.4, 0.5) is 13.2 Å². The maximum atomic E-state index is 12.7. The Kier molecular flexibility index (Phi) is 7.32. The highest BCUT2D eigenvalue weighted by molar-refractivity contribution is 5.97. The van der Waals surface area contributed by atoms with Crippen molar-refractivity contribution in [2.45, 2.75) is 33.4 Å². The van der Waals surface area contributed by atoms with Gasteiger partial charge in [0.1, 0.15) is 17.1 Å². The number of hydrogen-bond donors (Lipinski definition) is 2. The van der Waals surface area contributed by atoms with Crippen LogP contribution < -0.4 is 4.74 Å². The van der Waals surface area contributed by atoms with Gasteiger partial charge in [0.2, 0.25) is 0 Å². The molecule has 0 aliphatic rings. The molecule has 2 rings (SSSR count). The first-order valence-corrected chi connectivity index (χ1v) is 9.28. The lowest BCUT2D eigenvalue weighted by molar-refractivity contribution is -0.137. The van der Waals surface area contributed by atoms with E-state index in [1.54, 1.807) is 6.92 Å². The van der Waals surface area contributed by atoms with Crippen molar-refractivity contribution in [3.8, 4) is 11.5 Å². The monoisotopic (exact) mass is 420 g/mol. The van der Waals surface area contributed by atoms with Crippen molar-refractivity contribution in [2.75, 3.05) is 6.61 Å². The van der Waals surface area contributed by atoms with Crippen LogP contribution in [0.15, 0.2) is 42.0 Å². The second-order valence-corrected chi connectivity index (χ2v) is 6.84. The molecule has 2 N–H and O–H groups in total. The first-order valence-electron chi connectivity index (χ1n) is 9.28. The van der Waals surface area contributed by atoms with Crippen LogP contribution in [0.5, 0.6) is 11.5 Å². The number of aromatic hydroxyl groups is 1. The van der Waals surface area contributed by atoms with E-state index in [4.69, 9.17) is 4.74 Å². The largest absolute Gasteiger partial charge is 0.507 e. The molecule has 0 aromatic heterocycles. The van der Waals surface area contributed by atoms with Gasteiger partial charge in [-0.3, -0.25) is 0 Å². The van der Waals surface area contributed by atoms with E-state index < -0.39 is 23.5 Å². The number of phenols is 1. The maximum absolute atomic E-state index is 12.7. The number of aromatic carboxylic acids is 1. The molecular weight excluding hydrogens is 397 g/mol. The molecular formula is C23H23F3O4. The van der Waals surface area contributed by atoms with E-state index in [1.807, 2.05) is 19.9 Å². The lowest BCUT2D eigenvalue weighted by Gasteiger charge is -2.15. The molecule has 30 heavy (non-hydrogen) atoms. The standard InChI is InChI=1S/C23H23F3O4/c1-4-30-19-13-16(9-6-15-7-10-17(11-8-15)23(24,25)26)20(22(28)29)21(27)18(19)12-5-14(2)3/h5-11,13,27H,4,12H2,1-3H3,(H,28,29)/b9-6+. The van der Waals surface area contributed by atoms with Crippen molar-refractivity contribution in [3.63, 3.8) is 0 Å². The van der Waals surface area contributed by atoms with E-state index >= 15 is 0 Å². The van der Waals surface area contributed by atoms with Gasteiger partial charge < -0.3 is 14.9 Å². The number of ether oxygens (including phenoxy) is 1. The van der Waals surface area contributed by atoms with Crippen molar-refractivity contribution in [1.82, 2.24) is 0 Å². The summed E-state index contributed by atoms with van der Waals surface area (Å²) in [6.45, 7) is 5.85. The van der Waals surface area contributed by atoms with Gasteiger partial charge in [-0.15, -0.1) is 0 Å². The van der Waals surface area contributed by atoms with E-state index in [0.717, 1.165) is 17.7 Å².